The fourth-order valence-corrected chi connectivity index (χ4v) is 4.27. The second-order valence-electron chi connectivity index (χ2n) is 8.00. The van der Waals surface area contributed by atoms with Gasteiger partial charge in [0.1, 0.15) is 0 Å². The third-order valence-corrected chi connectivity index (χ3v) is 5.72. The number of aromatic nitrogens is 3. The summed E-state index contributed by atoms with van der Waals surface area (Å²) >= 11 is 0. The second kappa shape index (κ2) is 7.97. The fraction of sp³-hybridized carbons (Fsp3) is 0.435. The summed E-state index contributed by atoms with van der Waals surface area (Å²) in [5.41, 5.74) is 3.29. The maximum absolute atomic E-state index is 13.7. The molecular formula is C23H28N4O3. The van der Waals surface area contributed by atoms with Gasteiger partial charge < -0.3 is 14.4 Å². The Labute approximate surface area is 176 Å². The zero-order chi connectivity index (χ0) is 21.4. The summed E-state index contributed by atoms with van der Waals surface area (Å²) < 4.78 is 12.7. The lowest BCUT2D eigenvalue weighted by Crippen LogP contribution is -2.30. The van der Waals surface area contributed by atoms with Crippen molar-refractivity contribution in [2.24, 2.45) is 0 Å². The summed E-state index contributed by atoms with van der Waals surface area (Å²) in [6, 6.07) is 7.94. The number of carbonyl (C=O) groups is 1. The molecule has 3 heterocycles. The maximum Gasteiger partial charge on any atom is 0.255 e. The Balaban J connectivity index is 1.73. The van der Waals surface area contributed by atoms with Crippen LogP contribution in [0.5, 0.6) is 11.5 Å². The van der Waals surface area contributed by atoms with Crippen LogP contribution in [0.1, 0.15) is 60.4 Å². The van der Waals surface area contributed by atoms with Crippen LogP contribution in [-0.4, -0.2) is 46.3 Å². The molecule has 2 aromatic heterocycles. The molecule has 3 aromatic rings. The highest BCUT2D eigenvalue weighted by atomic mass is 16.5. The first kappa shape index (κ1) is 20.2. The van der Waals surface area contributed by atoms with Gasteiger partial charge in [-0.1, -0.05) is 6.07 Å². The zero-order valence-electron chi connectivity index (χ0n) is 18.2. The Kier molecular flexibility index (Phi) is 5.37. The molecule has 1 aliphatic heterocycles. The highest BCUT2D eigenvalue weighted by molar-refractivity contribution is 6.05. The van der Waals surface area contributed by atoms with Gasteiger partial charge in [-0.15, -0.1) is 0 Å². The first-order chi connectivity index (χ1) is 14.4. The van der Waals surface area contributed by atoms with Crippen LogP contribution in [0.2, 0.25) is 0 Å². The van der Waals surface area contributed by atoms with Gasteiger partial charge >= 0.3 is 0 Å². The first-order valence-corrected chi connectivity index (χ1v) is 10.3. The van der Waals surface area contributed by atoms with Crippen LogP contribution in [0, 0.1) is 6.92 Å². The van der Waals surface area contributed by atoms with E-state index in [2.05, 4.69) is 23.9 Å². The Morgan fingerprint density at radius 1 is 1.17 bits per heavy atom. The molecule has 7 nitrogen and oxygen atoms in total. The standard InChI is InChI=1S/C23H28N4O3/c1-14(2)27-22-18(13-24-27)17(11-15(3)25-22)23(28)26-10-6-7-19(26)16-8-9-20(29-4)21(12-16)30-5/h8-9,11-14,19H,6-7,10H2,1-5H3. The molecule has 0 aliphatic carbocycles. The minimum atomic E-state index is 0.000899. The number of carbonyl (C=O) groups excluding carboxylic acids is 1. The number of ether oxygens (including phenoxy) is 2. The zero-order valence-corrected chi connectivity index (χ0v) is 18.2. The van der Waals surface area contributed by atoms with E-state index < -0.39 is 0 Å². The molecule has 0 saturated carbocycles. The first-order valence-electron chi connectivity index (χ1n) is 10.3. The number of aryl methyl sites for hydroxylation is 1. The molecule has 1 saturated heterocycles. The van der Waals surface area contributed by atoms with Crippen LogP contribution < -0.4 is 9.47 Å². The molecule has 0 radical (unpaired) electrons. The fourth-order valence-electron chi connectivity index (χ4n) is 4.27. The van der Waals surface area contributed by atoms with Crippen molar-refractivity contribution in [3.05, 3.63) is 47.3 Å². The van der Waals surface area contributed by atoms with Gasteiger partial charge in [0.15, 0.2) is 17.1 Å². The summed E-state index contributed by atoms with van der Waals surface area (Å²) in [4.78, 5) is 20.3. The molecule has 7 heteroatoms. The Morgan fingerprint density at radius 3 is 2.63 bits per heavy atom. The van der Waals surface area contributed by atoms with Gasteiger partial charge in [0.25, 0.3) is 5.91 Å². The van der Waals surface area contributed by atoms with E-state index in [4.69, 9.17) is 9.47 Å². The molecule has 1 amide bonds. The Morgan fingerprint density at radius 2 is 1.93 bits per heavy atom. The number of hydrogen-bond donors (Lipinski definition) is 0. The summed E-state index contributed by atoms with van der Waals surface area (Å²) in [7, 11) is 3.25. The van der Waals surface area contributed by atoms with Gasteiger partial charge in [-0.25, -0.2) is 9.67 Å². The van der Waals surface area contributed by atoms with Gasteiger partial charge in [0.05, 0.1) is 37.4 Å². The molecule has 4 rings (SSSR count). The van der Waals surface area contributed by atoms with E-state index in [1.54, 1.807) is 20.4 Å². The summed E-state index contributed by atoms with van der Waals surface area (Å²) in [6.07, 6.45) is 3.64. The Bertz CT molecular complexity index is 1090. The molecule has 0 spiro atoms. The predicted octanol–water partition coefficient (Wildman–Crippen LogP) is 4.32. The summed E-state index contributed by atoms with van der Waals surface area (Å²) in [5.74, 6) is 1.38. The SMILES string of the molecule is COc1ccc(C2CCCN2C(=O)c2cc(C)nc3c2cnn3C(C)C)cc1OC. The molecular weight excluding hydrogens is 380 g/mol. The third kappa shape index (κ3) is 3.38. The van der Waals surface area contributed by atoms with Gasteiger partial charge in [0.2, 0.25) is 0 Å². The smallest absolute Gasteiger partial charge is 0.255 e. The number of pyridine rings is 1. The predicted molar refractivity (Wildman–Crippen MR) is 115 cm³/mol. The number of benzene rings is 1. The Hall–Kier alpha value is -3.09. The number of nitrogens with zero attached hydrogens (tertiary/aromatic N) is 4. The van der Waals surface area contributed by atoms with Crippen molar-refractivity contribution in [3.63, 3.8) is 0 Å². The third-order valence-electron chi connectivity index (χ3n) is 5.72. The molecule has 0 N–H and O–H groups in total. The molecule has 0 bridgehead atoms. The average Bonchev–Trinajstić information content (AvgIpc) is 3.39. The minimum absolute atomic E-state index is 0.000899. The van der Waals surface area contributed by atoms with Crippen LogP contribution in [0.25, 0.3) is 11.0 Å². The van der Waals surface area contributed by atoms with E-state index in [0.29, 0.717) is 17.1 Å². The monoisotopic (exact) mass is 408 g/mol. The van der Waals surface area contributed by atoms with Crippen molar-refractivity contribution >= 4 is 16.9 Å². The quantitative estimate of drug-likeness (QED) is 0.629. The van der Waals surface area contributed by atoms with E-state index in [0.717, 1.165) is 41.7 Å². The van der Waals surface area contributed by atoms with E-state index in [-0.39, 0.29) is 18.0 Å². The lowest BCUT2D eigenvalue weighted by atomic mass is 10.0. The number of hydrogen-bond acceptors (Lipinski definition) is 5. The summed E-state index contributed by atoms with van der Waals surface area (Å²) in [5, 5.41) is 5.28. The number of rotatable bonds is 5. The van der Waals surface area contributed by atoms with Crippen molar-refractivity contribution < 1.29 is 14.3 Å². The van der Waals surface area contributed by atoms with Crippen molar-refractivity contribution in [3.8, 4) is 11.5 Å². The lowest BCUT2D eigenvalue weighted by Gasteiger charge is -2.26. The van der Waals surface area contributed by atoms with E-state index in [1.807, 2.05) is 40.8 Å². The number of amides is 1. The maximum atomic E-state index is 13.7. The molecule has 30 heavy (non-hydrogen) atoms. The van der Waals surface area contributed by atoms with Crippen LogP contribution in [0.15, 0.2) is 30.5 Å². The number of fused-ring (bicyclic) bond motifs is 1. The highest BCUT2D eigenvalue weighted by Crippen LogP contribution is 2.38. The van der Waals surface area contributed by atoms with E-state index in [9.17, 15) is 4.79 Å². The lowest BCUT2D eigenvalue weighted by molar-refractivity contribution is 0.0737. The van der Waals surface area contributed by atoms with Gasteiger partial charge in [-0.2, -0.15) is 5.10 Å². The highest BCUT2D eigenvalue weighted by Gasteiger charge is 2.32. The molecule has 1 atom stereocenters. The number of methoxy groups -OCH3 is 2. The minimum Gasteiger partial charge on any atom is -0.493 e. The van der Waals surface area contributed by atoms with Crippen molar-refractivity contribution in [2.45, 2.75) is 45.7 Å². The van der Waals surface area contributed by atoms with Crippen molar-refractivity contribution in [1.82, 2.24) is 19.7 Å². The molecule has 1 unspecified atom stereocenters. The molecule has 1 aliphatic rings. The van der Waals surface area contributed by atoms with Crippen LogP contribution >= 0.6 is 0 Å². The topological polar surface area (TPSA) is 69.5 Å². The van der Waals surface area contributed by atoms with E-state index >= 15 is 0 Å². The van der Waals surface area contributed by atoms with Crippen LogP contribution in [0.3, 0.4) is 0 Å². The van der Waals surface area contributed by atoms with Gasteiger partial charge in [-0.05, 0) is 57.4 Å². The molecule has 158 valence electrons. The van der Waals surface area contributed by atoms with Gasteiger partial charge in [0, 0.05) is 18.3 Å². The van der Waals surface area contributed by atoms with Crippen molar-refractivity contribution in [1.29, 1.82) is 0 Å². The molecule has 1 aromatic carbocycles. The average molecular weight is 409 g/mol. The number of likely N-dealkylation sites (tertiary alicyclic amines) is 1. The van der Waals surface area contributed by atoms with Gasteiger partial charge in [-0.3, -0.25) is 4.79 Å². The largest absolute Gasteiger partial charge is 0.493 e. The second-order valence-corrected chi connectivity index (χ2v) is 8.00. The summed E-state index contributed by atoms with van der Waals surface area (Å²) in [6.45, 7) is 6.76. The normalized spacial score (nSPS) is 16.5. The van der Waals surface area contributed by atoms with Crippen molar-refractivity contribution in [2.75, 3.05) is 20.8 Å². The van der Waals surface area contributed by atoms with E-state index in [1.165, 1.54) is 0 Å². The molecule has 1 fully saturated rings. The van der Waals surface area contributed by atoms with Crippen LogP contribution in [0.4, 0.5) is 0 Å². The van der Waals surface area contributed by atoms with Crippen LogP contribution in [-0.2, 0) is 0 Å².